The molecule has 2 rings (SSSR count). The van der Waals surface area contributed by atoms with E-state index in [1.165, 1.54) is 29.2 Å². The Bertz CT molecular complexity index is 825. The highest BCUT2D eigenvalue weighted by molar-refractivity contribution is 5.90. The van der Waals surface area contributed by atoms with Crippen molar-refractivity contribution in [2.45, 2.75) is 20.0 Å². The Hall–Kier alpha value is -3.35. The van der Waals surface area contributed by atoms with Crippen molar-refractivity contribution in [2.75, 3.05) is 16.8 Å². The first-order valence-corrected chi connectivity index (χ1v) is 8.38. The van der Waals surface area contributed by atoms with Crippen molar-refractivity contribution >= 4 is 23.6 Å². The molecule has 142 valence electrons. The van der Waals surface area contributed by atoms with Gasteiger partial charge in [0.25, 0.3) is 0 Å². The number of anilines is 2. The second-order valence-electron chi connectivity index (χ2n) is 5.56. The molecule has 27 heavy (non-hydrogen) atoms. The minimum atomic E-state index is -0.734. The summed E-state index contributed by atoms with van der Waals surface area (Å²) < 4.78 is 24.3. The molecule has 0 aliphatic carbocycles. The maximum atomic E-state index is 13.9. The number of benzene rings is 2. The van der Waals surface area contributed by atoms with E-state index in [0.29, 0.717) is 5.69 Å². The zero-order chi connectivity index (χ0) is 19.8. The summed E-state index contributed by atoms with van der Waals surface area (Å²) in [7, 11) is 0. The first kappa shape index (κ1) is 20.0. The third-order valence-electron chi connectivity index (χ3n) is 3.59. The van der Waals surface area contributed by atoms with Crippen molar-refractivity contribution < 1.29 is 23.5 Å². The van der Waals surface area contributed by atoms with Crippen molar-refractivity contribution in [2.24, 2.45) is 0 Å². The van der Waals surface area contributed by atoms with Crippen LogP contribution in [0.1, 0.15) is 13.8 Å². The molecule has 0 saturated heterocycles. The van der Waals surface area contributed by atoms with E-state index in [2.05, 4.69) is 11.9 Å². The molecular formula is C20H21FN2O4. The molecule has 2 aromatic rings. The average Bonchev–Trinajstić information content (AvgIpc) is 2.64. The summed E-state index contributed by atoms with van der Waals surface area (Å²) in [4.78, 5) is 25.4. The van der Waals surface area contributed by atoms with E-state index < -0.39 is 24.1 Å². The second-order valence-corrected chi connectivity index (χ2v) is 5.56. The normalized spacial score (nSPS) is 11.2. The molecule has 0 aromatic heterocycles. The summed E-state index contributed by atoms with van der Waals surface area (Å²) in [5.41, 5.74) is 0.511. The van der Waals surface area contributed by atoms with Gasteiger partial charge in [-0.15, -0.1) is 0 Å². The van der Waals surface area contributed by atoms with Crippen LogP contribution in [0.2, 0.25) is 0 Å². The molecule has 7 heteroatoms. The van der Waals surface area contributed by atoms with E-state index in [1.807, 2.05) is 0 Å². The van der Waals surface area contributed by atoms with Crippen LogP contribution in [0.3, 0.4) is 0 Å². The summed E-state index contributed by atoms with van der Waals surface area (Å²) in [5.74, 6) is -0.324. The quantitative estimate of drug-likeness (QED) is 0.727. The Kier molecular flexibility index (Phi) is 6.93. The smallest absolute Gasteiger partial charge is 0.419 e. The van der Waals surface area contributed by atoms with Crippen LogP contribution in [0.15, 0.2) is 61.2 Å². The minimum absolute atomic E-state index is 0.126. The van der Waals surface area contributed by atoms with E-state index in [0.717, 1.165) is 0 Å². The fraction of sp³-hybridized carbons (Fsp3) is 0.200. The van der Waals surface area contributed by atoms with Gasteiger partial charge in [0.1, 0.15) is 17.7 Å². The summed E-state index contributed by atoms with van der Waals surface area (Å²) in [6.45, 7) is 7.14. The first-order chi connectivity index (χ1) is 12.9. The Morgan fingerprint density at radius 2 is 2.00 bits per heavy atom. The van der Waals surface area contributed by atoms with Gasteiger partial charge in [-0.05, 0) is 38.1 Å². The Morgan fingerprint density at radius 1 is 1.26 bits per heavy atom. The molecule has 0 spiro atoms. The number of halogens is 1. The molecule has 1 unspecified atom stereocenters. The van der Waals surface area contributed by atoms with Crippen LogP contribution in [0, 0.1) is 5.82 Å². The van der Waals surface area contributed by atoms with Gasteiger partial charge in [-0.3, -0.25) is 10.2 Å². The van der Waals surface area contributed by atoms with Gasteiger partial charge in [0.15, 0.2) is 0 Å². The van der Waals surface area contributed by atoms with Crippen LogP contribution in [0.4, 0.5) is 25.4 Å². The van der Waals surface area contributed by atoms with E-state index in [1.54, 1.807) is 44.2 Å². The van der Waals surface area contributed by atoms with Gasteiger partial charge in [-0.1, -0.05) is 30.9 Å². The van der Waals surface area contributed by atoms with Crippen molar-refractivity contribution in [3.63, 3.8) is 0 Å². The second kappa shape index (κ2) is 9.38. The topological polar surface area (TPSA) is 67.9 Å². The number of para-hydroxylation sites is 1. The zero-order valence-corrected chi connectivity index (χ0v) is 15.1. The van der Waals surface area contributed by atoms with Gasteiger partial charge < -0.3 is 9.47 Å². The lowest BCUT2D eigenvalue weighted by Crippen LogP contribution is -2.34. The highest BCUT2D eigenvalue weighted by Gasteiger charge is 2.19. The molecule has 0 bridgehead atoms. The molecule has 6 nitrogen and oxygen atoms in total. The lowest BCUT2D eigenvalue weighted by atomic mass is 10.3. The molecule has 0 radical (unpaired) electrons. The molecule has 0 saturated carbocycles. The van der Waals surface area contributed by atoms with E-state index in [4.69, 9.17) is 9.47 Å². The molecule has 2 amide bonds. The number of hydrogen-bond donors (Lipinski definition) is 1. The molecule has 0 heterocycles. The Labute approximate surface area is 157 Å². The summed E-state index contributed by atoms with van der Waals surface area (Å²) in [5, 5.41) is 2.53. The lowest BCUT2D eigenvalue weighted by molar-refractivity contribution is 0.142. The van der Waals surface area contributed by atoms with Gasteiger partial charge >= 0.3 is 12.2 Å². The van der Waals surface area contributed by atoms with E-state index in [-0.39, 0.29) is 18.0 Å². The SMILES string of the molecule is C=CC(C)OC(=O)Nc1cccc(OC(=O)N(CC)c2ccccc2F)c1. The molecule has 2 aromatic carbocycles. The van der Waals surface area contributed by atoms with Gasteiger partial charge in [-0.25, -0.2) is 14.0 Å². The van der Waals surface area contributed by atoms with Crippen LogP contribution >= 0.6 is 0 Å². The molecule has 0 fully saturated rings. The van der Waals surface area contributed by atoms with Crippen LogP contribution in [-0.2, 0) is 4.74 Å². The number of rotatable bonds is 6. The number of amides is 2. The third kappa shape index (κ3) is 5.57. The van der Waals surface area contributed by atoms with E-state index >= 15 is 0 Å². The van der Waals surface area contributed by atoms with Crippen LogP contribution in [0.25, 0.3) is 0 Å². The number of ether oxygens (including phenoxy) is 2. The average molecular weight is 372 g/mol. The third-order valence-corrected chi connectivity index (χ3v) is 3.59. The maximum absolute atomic E-state index is 13.9. The van der Waals surface area contributed by atoms with E-state index in [9.17, 15) is 14.0 Å². The number of carbonyl (C=O) groups is 2. The van der Waals surface area contributed by atoms with Crippen LogP contribution < -0.4 is 15.0 Å². The summed E-state index contributed by atoms with van der Waals surface area (Å²) in [6, 6.07) is 12.2. The fourth-order valence-electron chi connectivity index (χ4n) is 2.23. The van der Waals surface area contributed by atoms with Crippen LogP contribution in [0.5, 0.6) is 5.75 Å². The molecular weight excluding hydrogens is 351 g/mol. The number of nitrogens with zero attached hydrogens (tertiary/aromatic N) is 1. The standard InChI is InChI=1S/C20H21FN2O4/c1-4-14(3)26-19(24)22-15-9-8-10-16(13-15)27-20(25)23(5-2)18-12-7-6-11-17(18)21/h4,6-14H,1,5H2,2-3H3,(H,22,24). The predicted octanol–water partition coefficient (Wildman–Crippen LogP) is 4.97. The van der Waals surface area contributed by atoms with Crippen LogP contribution in [-0.4, -0.2) is 24.8 Å². The number of nitrogens with one attached hydrogen (secondary N) is 1. The molecule has 1 N–H and O–H groups in total. The van der Waals surface area contributed by atoms with Crippen molar-refractivity contribution in [3.05, 3.63) is 67.0 Å². The molecule has 1 atom stereocenters. The first-order valence-electron chi connectivity index (χ1n) is 8.38. The highest BCUT2D eigenvalue weighted by Crippen LogP contribution is 2.22. The van der Waals surface area contributed by atoms with Crippen molar-refractivity contribution in [1.82, 2.24) is 0 Å². The van der Waals surface area contributed by atoms with Gasteiger partial charge in [-0.2, -0.15) is 0 Å². The van der Waals surface area contributed by atoms with Gasteiger partial charge in [0, 0.05) is 18.3 Å². The predicted molar refractivity (Wildman–Crippen MR) is 102 cm³/mol. The largest absolute Gasteiger partial charge is 0.442 e. The molecule has 0 aliphatic heterocycles. The summed E-state index contributed by atoms with van der Waals surface area (Å²) >= 11 is 0. The Balaban J connectivity index is 2.08. The zero-order valence-electron chi connectivity index (χ0n) is 15.1. The fourth-order valence-corrected chi connectivity index (χ4v) is 2.23. The molecule has 0 aliphatic rings. The van der Waals surface area contributed by atoms with Gasteiger partial charge in [0.2, 0.25) is 0 Å². The Morgan fingerprint density at radius 3 is 2.67 bits per heavy atom. The summed E-state index contributed by atoms with van der Waals surface area (Å²) in [6.07, 6.45) is -0.347. The monoisotopic (exact) mass is 372 g/mol. The number of carbonyl (C=O) groups excluding carboxylic acids is 2. The van der Waals surface area contributed by atoms with Crippen molar-refractivity contribution in [3.8, 4) is 5.75 Å². The highest BCUT2D eigenvalue weighted by atomic mass is 19.1. The van der Waals surface area contributed by atoms with Crippen molar-refractivity contribution in [1.29, 1.82) is 0 Å². The lowest BCUT2D eigenvalue weighted by Gasteiger charge is -2.21. The van der Waals surface area contributed by atoms with Gasteiger partial charge in [0.05, 0.1) is 5.69 Å². The number of hydrogen-bond acceptors (Lipinski definition) is 4. The maximum Gasteiger partial charge on any atom is 0.419 e. The minimum Gasteiger partial charge on any atom is -0.442 e.